The molecule has 0 N–H and O–H groups in total. The number of carbonyl (C=O) groups excluding carboxylic acids is 1. The molecule has 2 aliphatic rings. The van der Waals surface area contributed by atoms with Gasteiger partial charge in [0.1, 0.15) is 12.4 Å². The van der Waals surface area contributed by atoms with Gasteiger partial charge < -0.3 is 9.64 Å². The molecule has 1 unspecified atom stereocenters. The first-order valence-electron chi connectivity index (χ1n) is 9.90. The van der Waals surface area contributed by atoms with E-state index in [0.717, 1.165) is 36.4 Å². The highest BCUT2D eigenvalue weighted by Gasteiger charge is 2.31. The topological polar surface area (TPSA) is 45.7 Å². The van der Waals surface area contributed by atoms with Crippen LogP contribution < -0.4 is 4.74 Å². The van der Waals surface area contributed by atoms with Gasteiger partial charge in [0, 0.05) is 37.1 Å². The molecule has 2 saturated heterocycles. The van der Waals surface area contributed by atoms with Crippen LogP contribution in [0, 0.1) is 0 Å². The zero-order chi connectivity index (χ0) is 18.5. The van der Waals surface area contributed by atoms with Crippen LogP contribution in [0.1, 0.15) is 30.4 Å². The summed E-state index contributed by atoms with van der Waals surface area (Å²) in [6.07, 6.45) is 7.71. The van der Waals surface area contributed by atoms with Crippen LogP contribution in [0.2, 0.25) is 0 Å². The molecule has 0 aliphatic carbocycles. The zero-order valence-corrected chi connectivity index (χ0v) is 15.7. The molecule has 2 aromatic rings. The predicted octanol–water partition coefficient (Wildman–Crippen LogP) is 2.90. The van der Waals surface area contributed by atoms with E-state index in [1.807, 2.05) is 41.3 Å². The Hall–Kier alpha value is -2.40. The molecule has 5 nitrogen and oxygen atoms in total. The smallest absolute Gasteiger partial charge is 0.227 e. The van der Waals surface area contributed by atoms with Gasteiger partial charge in [-0.3, -0.25) is 14.7 Å². The Balaban J connectivity index is 1.30. The average Bonchev–Trinajstić information content (AvgIpc) is 3.39. The molecule has 27 heavy (non-hydrogen) atoms. The highest BCUT2D eigenvalue weighted by molar-refractivity contribution is 5.79. The first kappa shape index (κ1) is 18.0. The normalized spacial score (nSPS) is 20.1. The number of nitrogens with zero attached hydrogens (tertiary/aromatic N) is 3. The summed E-state index contributed by atoms with van der Waals surface area (Å²) in [5, 5.41) is 0. The maximum absolute atomic E-state index is 12.7. The summed E-state index contributed by atoms with van der Waals surface area (Å²) in [7, 11) is 0. The molecule has 0 bridgehead atoms. The van der Waals surface area contributed by atoms with Gasteiger partial charge in [-0.2, -0.15) is 0 Å². The van der Waals surface area contributed by atoms with E-state index in [2.05, 4.69) is 9.88 Å². The molecule has 4 rings (SSSR count). The van der Waals surface area contributed by atoms with Gasteiger partial charge in [-0.25, -0.2) is 0 Å². The fourth-order valence-electron chi connectivity index (χ4n) is 4.05. The Morgan fingerprint density at radius 3 is 2.78 bits per heavy atom. The lowest BCUT2D eigenvalue weighted by molar-refractivity contribution is -0.129. The maximum Gasteiger partial charge on any atom is 0.227 e. The molecule has 0 spiro atoms. The molecule has 0 radical (unpaired) electrons. The molecule has 2 aliphatic heterocycles. The van der Waals surface area contributed by atoms with Crippen LogP contribution in [0.3, 0.4) is 0 Å². The highest BCUT2D eigenvalue weighted by Crippen LogP contribution is 2.22. The van der Waals surface area contributed by atoms with Gasteiger partial charge in [0.2, 0.25) is 5.91 Å². The number of hydrogen-bond donors (Lipinski definition) is 0. The van der Waals surface area contributed by atoms with Gasteiger partial charge >= 0.3 is 0 Å². The number of pyridine rings is 1. The van der Waals surface area contributed by atoms with Crippen LogP contribution in [0.5, 0.6) is 5.75 Å². The van der Waals surface area contributed by atoms with Gasteiger partial charge in [-0.05, 0) is 56.1 Å². The van der Waals surface area contributed by atoms with Gasteiger partial charge in [-0.15, -0.1) is 0 Å². The molecular formula is C22H27N3O2. The van der Waals surface area contributed by atoms with Crippen LogP contribution in [-0.2, 0) is 17.8 Å². The van der Waals surface area contributed by atoms with Gasteiger partial charge in [-0.1, -0.05) is 18.2 Å². The SMILES string of the molecule is O=C(Cc1cccc(OCc2cccnc2)c1)N1CCC(N2CCCC2)C1. The summed E-state index contributed by atoms with van der Waals surface area (Å²) < 4.78 is 5.85. The van der Waals surface area contributed by atoms with E-state index in [1.165, 1.54) is 25.9 Å². The van der Waals surface area contributed by atoms with Crippen molar-refractivity contribution >= 4 is 5.91 Å². The third kappa shape index (κ3) is 4.66. The number of carbonyl (C=O) groups is 1. The molecule has 1 aromatic heterocycles. The monoisotopic (exact) mass is 365 g/mol. The van der Waals surface area contributed by atoms with E-state index in [-0.39, 0.29) is 5.91 Å². The molecule has 2 fully saturated rings. The minimum atomic E-state index is 0.223. The number of amides is 1. The van der Waals surface area contributed by atoms with Gasteiger partial charge in [0.25, 0.3) is 0 Å². The maximum atomic E-state index is 12.7. The Labute approximate surface area is 161 Å². The molecule has 1 atom stereocenters. The Bertz CT molecular complexity index is 759. The lowest BCUT2D eigenvalue weighted by atomic mass is 10.1. The van der Waals surface area contributed by atoms with E-state index in [9.17, 15) is 4.79 Å². The Morgan fingerprint density at radius 1 is 1.11 bits per heavy atom. The number of likely N-dealkylation sites (tertiary alicyclic amines) is 2. The third-order valence-electron chi connectivity index (χ3n) is 5.56. The van der Waals surface area contributed by atoms with Crippen LogP contribution in [0.15, 0.2) is 48.8 Å². The van der Waals surface area contributed by atoms with Crippen molar-refractivity contribution in [1.29, 1.82) is 0 Å². The third-order valence-corrected chi connectivity index (χ3v) is 5.56. The van der Waals surface area contributed by atoms with Crippen molar-refractivity contribution in [2.24, 2.45) is 0 Å². The van der Waals surface area contributed by atoms with Crippen molar-refractivity contribution in [3.8, 4) is 5.75 Å². The highest BCUT2D eigenvalue weighted by atomic mass is 16.5. The summed E-state index contributed by atoms with van der Waals surface area (Å²) in [6.45, 7) is 4.65. The lowest BCUT2D eigenvalue weighted by Crippen LogP contribution is -2.37. The van der Waals surface area contributed by atoms with E-state index < -0.39 is 0 Å². The molecule has 1 aromatic carbocycles. The fraction of sp³-hybridized carbons (Fsp3) is 0.455. The average molecular weight is 365 g/mol. The van der Waals surface area contributed by atoms with E-state index in [4.69, 9.17) is 4.74 Å². The summed E-state index contributed by atoms with van der Waals surface area (Å²) in [4.78, 5) is 21.4. The molecular weight excluding hydrogens is 338 g/mol. The fourth-order valence-corrected chi connectivity index (χ4v) is 4.05. The van der Waals surface area contributed by atoms with Crippen LogP contribution >= 0.6 is 0 Å². The van der Waals surface area contributed by atoms with Gasteiger partial charge in [0.15, 0.2) is 0 Å². The van der Waals surface area contributed by atoms with E-state index in [1.54, 1.807) is 12.4 Å². The molecule has 1 amide bonds. The molecule has 142 valence electrons. The second-order valence-corrected chi connectivity index (χ2v) is 7.50. The molecule has 3 heterocycles. The van der Waals surface area contributed by atoms with Crippen LogP contribution in [0.25, 0.3) is 0 Å². The molecule has 5 heteroatoms. The lowest BCUT2D eigenvalue weighted by Gasteiger charge is -2.23. The zero-order valence-electron chi connectivity index (χ0n) is 15.7. The second kappa shape index (κ2) is 8.53. The number of hydrogen-bond acceptors (Lipinski definition) is 4. The minimum absolute atomic E-state index is 0.223. The van der Waals surface area contributed by atoms with Crippen molar-refractivity contribution < 1.29 is 9.53 Å². The summed E-state index contributed by atoms with van der Waals surface area (Å²) in [6, 6.07) is 12.3. The van der Waals surface area contributed by atoms with Crippen LogP contribution in [-0.4, -0.2) is 52.9 Å². The van der Waals surface area contributed by atoms with Crippen molar-refractivity contribution in [2.75, 3.05) is 26.2 Å². The Kier molecular flexibility index (Phi) is 5.68. The number of benzene rings is 1. The summed E-state index contributed by atoms with van der Waals surface area (Å²) >= 11 is 0. The summed E-state index contributed by atoms with van der Waals surface area (Å²) in [5.41, 5.74) is 2.04. The first-order valence-corrected chi connectivity index (χ1v) is 9.90. The van der Waals surface area contributed by atoms with Crippen molar-refractivity contribution in [3.63, 3.8) is 0 Å². The standard InChI is InChI=1S/C22H27N3O2/c26-22(25-12-8-20(16-25)24-10-1-2-11-24)14-18-5-3-7-21(13-18)27-17-19-6-4-9-23-15-19/h3-7,9,13,15,20H,1-2,8,10-12,14,16-17H2. The summed E-state index contributed by atoms with van der Waals surface area (Å²) in [5.74, 6) is 1.02. The number of ether oxygens (including phenoxy) is 1. The van der Waals surface area contributed by atoms with E-state index in [0.29, 0.717) is 19.1 Å². The Morgan fingerprint density at radius 2 is 1.96 bits per heavy atom. The molecule has 0 saturated carbocycles. The predicted molar refractivity (Wildman–Crippen MR) is 105 cm³/mol. The second-order valence-electron chi connectivity index (χ2n) is 7.50. The van der Waals surface area contributed by atoms with Crippen molar-refractivity contribution in [2.45, 2.75) is 38.3 Å². The largest absolute Gasteiger partial charge is 0.489 e. The van der Waals surface area contributed by atoms with Crippen LogP contribution in [0.4, 0.5) is 0 Å². The first-order chi connectivity index (χ1) is 13.3. The number of rotatable bonds is 6. The van der Waals surface area contributed by atoms with E-state index >= 15 is 0 Å². The quantitative estimate of drug-likeness (QED) is 0.790. The number of aromatic nitrogens is 1. The minimum Gasteiger partial charge on any atom is -0.489 e. The van der Waals surface area contributed by atoms with Gasteiger partial charge in [0.05, 0.1) is 6.42 Å². The van der Waals surface area contributed by atoms with Crippen molar-refractivity contribution in [3.05, 3.63) is 59.9 Å². The van der Waals surface area contributed by atoms with Crippen molar-refractivity contribution in [1.82, 2.24) is 14.8 Å².